The van der Waals surface area contributed by atoms with Crippen LogP contribution in [0.5, 0.6) is 11.6 Å². The molecule has 0 amide bonds. The van der Waals surface area contributed by atoms with Crippen LogP contribution in [0, 0.1) is 0 Å². The molecule has 3 rings (SSSR count). The molecule has 0 unspecified atom stereocenters. The first-order valence-corrected chi connectivity index (χ1v) is 6.57. The van der Waals surface area contributed by atoms with E-state index in [1.54, 1.807) is 12.5 Å². The van der Waals surface area contributed by atoms with Crippen molar-refractivity contribution in [2.45, 2.75) is 0 Å². The molecular weight excluding hydrogens is 266 g/mol. The first-order chi connectivity index (χ1) is 10.1. The van der Waals surface area contributed by atoms with Crippen molar-refractivity contribution in [2.75, 3.05) is 24.7 Å². The van der Waals surface area contributed by atoms with Crippen molar-refractivity contribution in [1.82, 2.24) is 14.5 Å². The summed E-state index contributed by atoms with van der Waals surface area (Å²) in [6.07, 6.45) is 3.43. The van der Waals surface area contributed by atoms with Crippen LogP contribution in [0.4, 0.5) is 11.4 Å². The number of benzene rings is 1. The molecule has 2 N–H and O–H groups in total. The number of rotatable bonds is 3. The highest BCUT2D eigenvalue weighted by atomic mass is 16.5. The van der Waals surface area contributed by atoms with Crippen molar-refractivity contribution in [3.63, 3.8) is 0 Å². The predicted molar refractivity (Wildman–Crippen MR) is 83.8 cm³/mol. The molecule has 0 saturated heterocycles. The number of hydrogen-bond donors (Lipinski definition) is 1. The van der Waals surface area contributed by atoms with Crippen molar-refractivity contribution in [3.8, 4) is 11.6 Å². The molecule has 2 aromatic heterocycles. The molecule has 108 valence electrons. The molecule has 0 aliphatic heterocycles. The number of nitrogens with zero attached hydrogens (tertiary/aromatic N) is 4. The highest BCUT2D eigenvalue weighted by molar-refractivity contribution is 5.80. The SMILES string of the molecule is CN(C)c1ccc(N)c(Oc2nccc3c2ncn3C)c1. The monoisotopic (exact) mass is 283 g/mol. The fraction of sp³-hybridized carbons (Fsp3) is 0.200. The van der Waals surface area contributed by atoms with E-state index in [4.69, 9.17) is 10.5 Å². The minimum absolute atomic E-state index is 0.454. The lowest BCUT2D eigenvalue weighted by molar-refractivity contribution is 0.470. The number of anilines is 2. The van der Waals surface area contributed by atoms with E-state index in [2.05, 4.69) is 9.97 Å². The molecule has 0 aliphatic rings. The zero-order valence-corrected chi connectivity index (χ0v) is 12.2. The van der Waals surface area contributed by atoms with Crippen LogP contribution in [0.3, 0.4) is 0 Å². The summed E-state index contributed by atoms with van der Waals surface area (Å²) in [6.45, 7) is 0. The zero-order chi connectivity index (χ0) is 15.0. The average molecular weight is 283 g/mol. The van der Waals surface area contributed by atoms with Crippen molar-refractivity contribution >= 4 is 22.4 Å². The van der Waals surface area contributed by atoms with Gasteiger partial charge >= 0.3 is 0 Å². The number of ether oxygens (including phenoxy) is 1. The Morgan fingerprint density at radius 1 is 1.19 bits per heavy atom. The molecule has 0 spiro atoms. The van der Waals surface area contributed by atoms with E-state index < -0.39 is 0 Å². The van der Waals surface area contributed by atoms with Crippen LogP contribution in [0.25, 0.3) is 11.0 Å². The summed E-state index contributed by atoms with van der Waals surface area (Å²) in [5, 5.41) is 0. The fourth-order valence-corrected chi connectivity index (χ4v) is 2.11. The molecule has 0 fully saturated rings. The van der Waals surface area contributed by atoms with Gasteiger partial charge in [-0.1, -0.05) is 0 Å². The zero-order valence-electron chi connectivity index (χ0n) is 12.2. The Labute approximate surface area is 122 Å². The van der Waals surface area contributed by atoms with E-state index in [-0.39, 0.29) is 0 Å². The van der Waals surface area contributed by atoms with Crippen LogP contribution in [-0.4, -0.2) is 28.6 Å². The molecule has 0 radical (unpaired) electrons. The van der Waals surface area contributed by atoms with Crippen LogP contribution < -0.4 is 15.4 Å². The van der Waals surface area contributed by atoms with Crippen LogP contribution in [0.15, 0.2) is 36.8 Å². The Hall–Kier alpha value is -2.76. The van der Waals surface area contributed by atoms with Gasteiger partial charge in [0.05, 0.1) is 17.5 Å². The highest BCUT2D eigenvalue weighted by Gasteiger charge is 2.11. The summed E-state index contributed by atoms with van der Waals surface area (Å²) < 4.78 is 7.81. The van der Waals surface area contributed by atoms with Gasteiger partial charge in [0.15, 0.2) is 11.3 Å². The third-order valence-electron chi connectivity index (χ3n) is 3.33. The standard InChI is InChI=1S/C15H17N5O/c1-19(2)10-4-5-11(16)13(8-10)21-15-14-12(6-7-17-15)20(3)9-18-14/h4-9H,16H2,1-3H3. The maximum atomic E-state index is 5.99. The third-order valence-corrected chi connectivity index (χ3v) is 3.33. The normalized spacial score (nSPS) is 10.8. The third kappa shape index (κ3) is 2.35. The minimum atomic E-state index is 0.454. The topological polar surface area (TPSA) is 69.2 Å². The second-order valence-electron chi connectivity index (χ2n) is 5.06. The number of nitrogen functional groups attached to an aromatic ring is 1. The maximum Gasteiger partial charge on any atom is 0.247 e. The number of imidazole rings is 1. The maximum absolute atomic E-state index is 5.99. The van der Waals surface area contributed by atoms with E-state index in [1.165, 1.54) is 0 Å². The Balaban J connectivity index is 2.04. The number of nitrogens with two attached hydrogens (primary N) is 1. The van der Waals surface area contributed by atoms with E-state index in [1.807, 2.05) is 54.9 Å². The first kappa shape index (κ1) is 13.2. The Morgan fingerprint density at radius 3 is 2.76 bits per heavy atom. The summed E-state index contributed by atoms with van der Waals surface area (Å²) >= 11 is 0. The quantitative estimate of drug-likeness (QED) is 0.747. The van der Waals surface area contributed by atoms with Gasteiger partial charge in [0.2, 0.25) is 5.88 Å². The molecule has 6 heteroatoms. The van der Waals surface area contributed by atoms with Crippen LogP contribution in [0.2, 0.25) is 0 Å². The Kier molecular flexibility index (Phi) is 3.13. The smallest absolute Gasteiger partial charge is 0.247 e. The first-order valence-electron chi connectivity index (χ1n) is 6.57. The van der Waals surface area contributed by atoms with Crippen molar-refractivity contribution < 1.29 is 4.74 Å². The molecule has 6 nitrogen and oxygen atoms in total. The lowest BCUT2D eigenvalue weighted by atomic mass is 10.2. The second kappa shape index (κ2) is 4.97. The molecule has 3 aromatic rings. The number of aromatic nitrogens is 3. The van der Waals surface area contributed by atoms with Gasteiger partial charge in [-0.3, -0.25) is 0 Å². The molecule has 0 aliphatic carbocycles. The molecule has 2 heterocycles. The van der Waals surface area contributed by atoms with Crippen molar-refractivity contribution in [1.29, 1.82) is 0 Å². The number of aryl methyl sites for hydroxylation is 1. The lowest BCUT2D eigenvalue weighted by Crippen LogP contribution is -2.08. The molecule has 21 heavy (non-hydrogen) atoms. The van der Waals surface area contributed by atoms with Crippen molar-refractivity contribution in [2.24, 2.45) is 7.05 Å². The Bertz CT molecular complexity index is 794. The van der Waals surface area contributed by atoms with Gasteiger partial charge in [0.25, 0.3) is 0 Å². The van der Waals surface area contributed by atoms with Crippen molar-refractivity contribution in [3.05, 3.63) is 36.8 Å². The van der Waals surface area contributed by atoms with Crippen LogP contribution >= 0.6 is 0 Å². The summed E-state index contributed by atoms with van der Waals surface area (Å²) in [5.41, 5.74) is 9.24. The van der Waals surface area contributed by atoms with Crippen LogP contribution in [0.1, 0.15) is 0 Å². The van der Waals surface area contributed by atoms with Gasteiger partial charge in [-0.05, 0) is 18.2 Å². The number of hydrogen-bond acceptors (Lipinski definition) is 5. The highest BCUT2D eigenvalue weighted by Crippen LogP contribution is 2.32. The lowest BCUT2D eigenvalue weighted by Gasteiger charge is -2.15. The van der Waals surface area contributed by atoms with Gasteiger partial charge in [-0.25, -0.2) is 9.97 Å². The van der Waals surface area contributed by atoms with Gasteiger partial charge in [-0.15, -0.1) is 0 Å². The second-order valence-corrected chi connectivity index (χ2v) is 5.06. The van der Waals surface area contributed by atoms with E-state index >= 15 is 0 Å². The minimum Gasteiger partial charge on any atom is -0.435 e. The fourth-order valence-electron chi connectivity index (χ4n) is 2.11. The van der Waals surface area contributed by atoms with Gasteiger partial charge in [0.1, 0.15) is 0 Å². The molecule has 0 atom stereocenters. The molecule has 0 bridgehead atoms. The largest absolute Gasteiger partial charge is 0.435 e. The van der Waals surface area contributed by atoms with Gasteiger partial charge in [-0.2, -0.15) is 0 Å². The van der Waals surface area contributed by atoms with E-state index in [9.17, 15) is 0 Å². The van der Waals surface area contributed by atoms with E-state index in [0.717, 1.165) is 16.7 Å². The molecular formula is C15H17N5O. The number of fused-ring (bicyclic) bond motifs is 1. The summed E-state index contributed by atoms with van der Waals surface area (Å²) in [4.78, 5) is 10.6. The van der Waals surface area contributed by atoms with Gasteiger partial charge in [0, 0.05) is 39.1 Å². The predicted octanol–water partition coefficient (Wildman–Crippen LogP) is 2.41. The molecule has 1 aromatic carbocycles. The average Bonchev–Trinajstić information content (AvgIpc) is 2.84. The van der Waals surface area contributed by atoms with Gasteiger partial charge < -0.3 is 19.9 Å². The summed E-state index contributed by atoms with van der Waals surface area (Å²) in [7, 11) is 5.86. The summed E-state index contributed by atoms with van der Waals surface area (Å²) in [6, 6.07) is 7.55. The molecule has 0 saturated carbocycles. The van der Waals surface area contributed by atoms with Crippen LogP contribution in [-0.2, 0) is 7.05 Å². The number of pyridine rings is 1. The van der Waals surface area contributed by atoms with E-state index in [0.29, 0.717) is 17.3 Å². The Morgan fingerprint density at radius 2 is 2.00 bits per heavy atom. The summed E-state index contributed by atoms with van der Waals surface area (Å²) in [5.74, 6) is 1.03.